The largest absolute Gasteiger partial charge is 0.462 e. The first-order valence-corrected chi connectivity index (χ1v) is 9.58. The van der Waals surface area contributed by atoms with Crippen molar-refractivity contribution in [2.24, 2.45) is 0 Å². The molecule has 1 atom stereocenters. The number of ether oxygens (including phenoxy) is 1. The van der Waals surface area contributed by atoms with Crippen LogP contribution in [0.2, 0.25) is 0 Å². The van der Waals surface area contributed by atoms with Gasteiger partial charge in [0.15, 0.2) is 0 Å². The van der Waals surface area contributed by atoms with E-state index < -0.39 is 50.7 Å². The Labute approximate surface area is 165 Å². The van der Waals surface area contributed by atoms with E-state index in [2.05, 4.69) is 0 Å². The maximum atomic E-state index is 13.4. The summed E-state index contributed by atoms with van der Waals surface area (Å²) in [5, 5.41) is 0. The third-order valence-electron chi connectivity index (χ3n) is 3.84. The predicted molar refractivity (Wildman–Crippen MR) is 92.8 cm³/mol. The van der Waals surface area contributed by atoms with E-state index >= 15 is 0 Å². The summed E-state index contributed by atoms with van der Waals surface area (Å²) in [5.41, 5.74) is -3.44. The molecule has 10 heteroatoms. The first-order valence-electron chi connectivity index (χ1n) is 8.43. The monoisotopic (exact) mass is 438 g/mol. The van der Waals surface area contributed by atoms with Crippen LogP contribution in [0.5, 0.6) is 0 Å². The molecule has 0 aliphatic heterocycles. The molecule has 0 aliphatic rings. The van der Waals surface area contributed by atoms with Gasteiger partial charge in [-0.3, -0.25) is 0 Å². The van der Waals surface area contributed by atoms with E-state index in [0.717, 1.165) is 30.3 Å². The minimum absolute atomic E-state index is 0.142. The van der Waals surface area contributed by atoms with Gasteiger partial charge in [0.2, 0.25) is 0 Å². The number of hydrogen-bond donors (Lipinski definition) is 0. The lowest BCUT2D eigenvalue weighted by atomic mass is 10.1. The Kier molecular flexibility index (Phi) is 7.10. The maximum absolute atomic E-state index is 13.4. The molecule has 3 nitrogen and oxygen atoms in total. The van der Waals surface area contributed by atoms with E-state index in [1.54, 1.807) is 6.92 Å². The molecular weight excluding hydrogens is 422 g/mol. The first kappa shape index (κ1) is 22.9. The molecule has 0 saturated heterocycles. The number of esters is 1. The highest BCUT2D eigenvalue weighted by Gasteiger charge is 2.38. The van der Waals surface area contributed by atoms with Crippen molar-refractivity contribution in [1.82, 2.24) is 0 Å². The summed E-state index contributed by atoms with van der Waals surface area (Å²) >= 11 is 0. The Balaban J connectivity index is 2.57. The standard InChI is InChI=1S/C19H16F6O3S/c1-2-3-10-28-17(26)16-14(19(23,24)25)8-5-9-15(16)29(27)13-7-4-6-12(11-13)18(20,21)22/h4-9,11H,2-3,10H2,1H3. The lowest BCUT2D eigenvalue weighted by molar-refractivity contribution is -0.138. The van der Waals surface area contributed by atoms with Gasteiger partial charge < -0.3 is 4.74 Å². The van der Waals surface area contributed by atoms with E-state index in [1.807, 2.05) is 0 Å². The van der Waals surface area contributed by atoms with Crippen molar-refractivity contribution in [3.8, 4) is 0 Å². The number of carbonyl (C=O) groups excluding carboxylic acids is 1. The molecule has 2 aromatic rings. The molecule has 0 spiro atoms. The third kappa shape index (κ3) is 5.59. The Bertz CT molecular complexity index is 906. The van der Waals surface area contributed by atoms with Gasteiger partial charge in [-0.1, -0.05) is 25.5 Å². The summed E-state index contributed by atoms with van der Waals surface area (Å²) in [5.74, 6) is -1.33. The quantitative estimate of drug-likeness (QED) is 0.323. The van der Waals surface area contributed by atoms with Crippen molar-refractivity contribution < 1.29 is 40.1 Å². The van der Waals surface area contributed by atoms with Crippen molar-refractivity contribution in [3.63, 3.8) is 0 Å². The smallest absolute Gasteiger partial charge is 0.417 e. The van der Waals surface area contributed by atoms with Crippen molar-refractivity contribution in [3.05, 3.63) is 59.2 Å². The van der Waals surface area contributed by atoms with Gasteiger partial charge in [0.25, 0.3) is 0 Å². The van der Waals surface area contributed by atoms with E-state index in [4.69, 9.17) is 4.74 Å². The highest BCUT2D eigenvalue weighted by Crippen LogP contribution is 2.36. The summed E-state index contributed by atoms with van der Waals surface area (Å²) in [6, 6.07) is 5.95. The minimum atomic E-state index is -4.95. The normalized spacial score (nSPS) is 13.2. The Hall–Kier alpha value is -2.36. The van der Waals surface area contributed by atoms with Crippen LogP contribution in [0.4, 0.5) is 26.3 Å². The molecule has 0 heterocycles. The molecule has 0 N–H and O–H groups in total. The van der Waals surface area contributed by atoms with Gasteiger partial charge >= 0.3 is 18.3 Å². The molecule has 158 valence electrons. The number of unbranched alkanes of at least 4 members (excludes halogenated alkanes) is 1. The van der Waals surface area contributed by atoms with E-state index in [9.17, 15) is 35.3 Å². The second-order valence-electron chi connectivity index (χ2n) is 5.96. The third-order valence-corrected chi connectivity index (χ3v) is 5.26. The molecule has 0 saturated carbocycles. The zero-order chi connectivity index (χ0) is 21.8. The zero-order valence-corrected chi connectivity index (χ0v) is 15.9. The van der Waals surface area contributed by atoms with Gasteiger partial charge in [0.1, 0.15) is 0 Å². The van der Waals surface area contributed by atoms with Crippen LogP contribution in [-0.2, 0) is 27.9 Å². The summed E-state index contributed by atoms with van der Waals surface area (Å²) in [6.07, 6.45) is -8.65. The lowest BCUT2D eigenvalue weighted by Crippen LogP contribution is -2.18. The van der Waals surface area contributed by atoms with Gasteiger partial charge in [-0.2, -0.15) is 26.3 Å². The summed E-state index contributed by atoms with van der Waals surface area (Å²) in [7, 11) is -2.48. The van der Waals surface area contributed by atoms with Crippen LogP contribution >= 0.6 is 0 Å². The molecule has 0 radical (unpaired) electrons. The topological polar surface area (TPSA) is 43.4 Å². The van der Waals surface area contributed by atoms with Crippen molar-refractivity contribution in [2.75, 3.05) is 6.61 Å². The highest BCUT2D eigenvalue weighted by molar-refractivity contribution is 7.85. The molecule has 1 unspecified atom stereocenters. The highest BCUT2D eigenvalue weighted by atomic mass is 32.2. The number of hydrogen-bond acceptors (Lipinski definition) is 3. The molecule has 2 aromatic carbocycles. The Morgan fingerprint density at radius 2 is 1.66 bits per heavy atom. The second-order valence-corrected chi connectivity index (χ2v) is 7.41. The van der Waals surface area contributed by atoms with Gasteiger partial charge in [-0.15, -0.1) is 0 Å². The summed E-state index contributed by atoms with van der Waals surface area (Å²) in [4.78, 5) is 11.4. The number of carbonyl (C=O) groups is 1. The van der Waals surface area contributed by atoms with Crippen molar-refractivity contribution >= 4 is 16.8 Å². The van der Waals surface area contributed by atoms with Crippen LogP contribution in [0.25, 0.3) is 0 Å². The Morgan fingerprint density at radius 3 is 2.24 bits per heavy atom. The first-order chi connectivity index (χ1) is 13.5. The maximum Gasteiger partial charge on any atom is 0.417 e. The van der Waals surface area contributed by atoms with Gasteiger partial charge in [-0.05, 0) is 36.8 Å². The molecule has 0 fully saturated rings. The van der Waals surface area contributed by atoms with Crippen LogP contribution < -0.4 is 0 Å². The van der Waals surface area contributed by atoms with E-state index in [0.29, 0.717) is 25.0 Å². The van der Waals surface area contributed by atoms with Crippen LogP contribution in [0, 0.1) is 0 Å². The number of halogens is 6. The van der Waals surface area contributed by atoms with Gasteiger partial charge in [0, 0.05) is 4.90 Å². The fraction of sp³-hybridized carbons (Fsp3) is 0.316. The molecule has 0 aliphatic carbocycles. The molecular formula is C19H16F6O3S. The van der Waals surface area contributed by atoms with Crippen LogP contribution in [0.15, 0.2) is 52.3 Å². The average molecular weight is 438 g/mol. The van der Waals surface area contributed by atoms with Crippen LogP contribution in [0.1, 0.15) is 41.3 Å². The molecule has 2 rings (SSSR count). The average Bonchev–Trinajstić information content (AvgIpc) is 2.65. The molecule has 0 amide bonds. The molecule has 0 bridgehead atoms. The predicted octanol–water partition coefficient (Wildman–Crippen LogP) is 5.85. The SMILES string of the molecule is CCCCOC(=O)c1c(S(=O)c2cccc(C(F)(F)F)c2)cccc1C(F)(F)F. The molecule has 0 aromatic heterocycles. The summed E-state index contributed by atoms with van der Waals surface area (Å²) in [6.45, 7) is 1.64. The lowest BCUT2D eigenvalue weighted by Gasteiger charge is -2.16. The van der Waals surface area contributed by atoms with Crippen LogP contribution in [-0.4, -0.2) is 16.8 Å². The number of alkyl halides is 6. The number of rotatable bonds is 6. The van der Waals surface area contributed by atoms with E-state index in [-0.39, 0.29) is 11.5 Å². The van der Waals surface area contributed by atoms with Crippen molar-refractivity contribution in [1.29, 1.82) is 0 Å². The van der Waals surface area contributed by atoms with Gasteiger partial charge in [-0.25, -0.2) is 9.00 Å². The minimum Gasteiger partial charge on any atom is -0.462 e. The van der Waals surface area contributed by atoms with Gasteiger partial charge in [0.05, 0.1) is 39.0 Å². The molecule has 29 heavy (non-hydrogen) atoms. The van der Waals surface area contributed by atoms with Crippen molar-refractivity contribution in [2.45, 2.75) is 41.9 Å². The summed E-state index contributed by atoms with van der Waals surface area (Å²) < 4.78 is 96.6. The fourth-order valence-electron chi connectivity index (χ4n) is 2.43. The van der Waals surface area contributed by atoms with E-state index in [1.165, 1.54) is 0 Å². The Morgan fingerprint density at radius 1 is 1.00 bits per heavy atom. The zero-order valence-electron chi connectivity index (χ0n) is 15.1. The van der Waals surface area contributed by atoms with Crippen LogP contribution in [0.3, 0.4) is 0 Å². The fourth-order valence-corrected chi connectivity index (χ4v) is 3.70. The second kappa shape index (κ2) is 8.98. The number of benzene rings is 2.